The van der Waals surface area contributed by atoms with E-state index in [0.29, 0.717) is 25.2 Å². The first-order chi connectivity index (χ1) is 9.11. The van der Waals surface area contributed by atoms with E-state index < -0.39 is 0 Å². The van der Waals surface area contributed by atoms with Crippen LogP contribution in [-0.2, 0) is 9.59 Å². The molecule has 0 saturated heterocycles. The number of nitrogens with one attached hydrogen (secondary N) is 3. The third-order valence-corrected chi connectivity index (χ3v) is 2.32. The van der Waals surface area contributed by atoms with Gasteiger partial charge in [0, 0.05) is 25.2 Å². The summed E-state index contributed by atoms with van der Waals surface area (Å²) in [5.74, 6) is -0.630. The molecule has 0 bridgehead atoms. The normalized spacial score (nSPS) is 10.0. The molecule has 19 heavy (non-hydrogen) atoms. The summed E-state index contributed by atoms with van der Waals surface area (Å²) in [5, 5.41) is 8.14. The summed E-state index contributed by atoms with van der Waals surface area (Å²) in [4.78, 5) is 22.6. The van der Waals surface area contributed by atoms with Crippen LogP contribution in [0.15, 0.2) is 24.3 Å². The number of carbonyl (C=O) groups is 2. The van der Waals surface area contributed by atoms with E-state index in [1.54, 1.807) is 0 Å². The third-order valence-electron chi connectivity index (χ3n) is 2.32. The van der Waals surface area contributed by atoms with Gasteiger partial charge < -0.3 is 16.0 Å². The van der Waals surface area contributed by atoms with E-state index in [1.807, 2.05) is 6.92 Å². The molecule has 1 aromatic carbocycles. The zero-order chi connectivity index (χ0) is 14.1. The van der Waals surface area contributed by atoms with Crippen LogP contribution in [0, 0.1) is 5.82 Å². The van der Waals surface area contributed by atoms with Crippen LogP contribution < -0.4 is 16.0 Å². The Morgan fingerprint density at radius 3 is 2.47 bits per heavy atom. The Morgan fingerprint density at radius 2 is 1.84 bits per heavy atom. The highest BCUT2D eigenvalue weighted by atomic mass is 19.1. The Labute approximate surface area is 111 Å². The van der Waals surface area contributed by atoms with Crippen molar-refractivity contribution < 1.29 is 14.0 Å². The second-order valence-electron chi connectivity index (χ2n) is 3.94. The second-order valence-corrected chi connectivity index (χ2v) is 3.94. The number of halogens is 1. The lowest BCUT2D eigenvalue weighted by Gasteiger charge is -2.06. The van der Waals surface area contributed by atoms with Crippen LogP contribution in [0.5, 0.6) is 0 Å². The molecule has 0 aliphatic rings. The van der Waals surface area contributed by atoms with Gasteiger partial charge in [-0.25, -0.2) is 4.39 Å². The van der Waals surface area contributed by atoms with E-state index in [0.717, 1.165) is 0 Å². The molecule has 0 aliphatic carbocycles. The van der Waals surface area contributed by atoms with Crippen LogP contribution in [-0.4, -0.2) is 31.4 Å². The highest BCUT2D eigenvalue weighted by molar-refractivity contribution is 5.92. The summed E-state index contributed by atoms with van der Waals surface area (Å²) in [6.07, 6.45) is 0.331. The van der Waals surface area contributed by atoms with E-state index >= 15 is 0 Å². The van der Waals surface area contributed by atoms with Gasteiger partial charge in [0.2, 0.25) is 11.8 Å². The zero-order valence-electron chi connectivity index (χ0n) is 10.8. The van der Waals surface area contributed by atoms with E-state index in [4.69, 9.17) is 0 Å². The van der Waals surface area contributed by atoms with Crippen molar-refractivity contribution in [2.75, 3.05) is 25.0 Å². The molecule has 0 radical (unpaired) electrons. The van der Waals surface area contributed by atoms with Gasteiger partial charge in [-0.3, -0.25) is 9.59 Å². The summed E-state index contributed by atoms with van der Waals surface area (Å²) in [6, 6.07) is 5.53. The molecule has 1 rings (SSSR count). The molecular weight excluding hydrogens is 249 g/mol. The molecule has 5 nitrogen and oxygen atoms in total. The first kappa shape index (κ1) is 15.1. The summed E-state index contributed by atoms with van der Waals surface area (Å²) in [6.45, 7) is 2.99. The van der Waals surface area contributed by atoms with Crippen molar-refractivity contribution in [2.24, 2.45) is 0 Å². The Morgan fingerprint density at radius 1 is 1.16 bits per heavy atom. The third kappa shape index (κ3) is 6.52. The van der Waals surface area contributed by atoms with Gasteiger partial charge in [-0.2, -0.15) is 0 Å². The first-order valence-corrected chi connectivity index (χ1v) is 6.14. The number of rotatable bonds is 7. The molecule has 0 saturated carbocycles. The SMILES string of the molecule is CCNC(=O)CCNCC(=O)Nc1ccc(F)cc1. The smallest absolute Gasteiger partial charge is 0.238 e. The van der Waals surface area contributed by atoms with Crippen molar-refractivity contribution in [3.05, 3.63) is 30.1 Å². The van der Waals surface area contributed by atoms with Gasteiger partial charge in [0.1, 0.15) is 5.82 Å². The highest BCUT2D eigenvalue weighted by Crippen LogP contribution is 2.07. The van der Waals surface area contributed by atoms with Crippen LogP contribution in [0.25, 0.3) is 0 Å². The van der Waals surface area contributed by atoms with Crippen LogP contribution in [0.4, 0.5) is 10.1 Å². The zero-order valence-corrected chi connectivity index (χ0v) is 10.8. The van der Waals surface area contributed by atoms with Crippen LogP contribution in [0.3, 0.4) is 0 Å². The number of hydrogen-bond acceptors (Lipinski definition) is 3. The molecule has 0 aliphatic heterocycles. The predicted octanol–water partition coefficient (Wildman–Crippen LogP) is 0.880. The quantitative estimate of drug-likeness (QED) is 0.642. The predicted molar refractivity (Wildman–Crippen MR) is 71.2 cm³/mol. The van der Waals surface area contributed by atoms with Crippen molar-refractivity contribution in [3.8, 4) is 0 Å². The Balaban J connectivity index is 2.18. The lowest BCUT2D eigenvalue weighted by molar-refractivity contribution is -0.121. The van der Waals surface area contributed by atoms with Gasteiger partial charge in [-0.05, 0) is 31.2 Å². The van der Waals surface area contributed by atoms with Crippen molar-refractivity contribution in [2.45, 2.75) is 13.3 Å². The van der Waals surface area contributed by atoms with Crippen LogP contribution >= 0.6 is 0 Å². The molecular formula is C13H18FN3O2. The van der Waals surface area contributed by atoms with E-state index in [1.165, 1.54) is 24.3 Å². The fourth-order valence-electron chi connectivity index (χ4n) is 1.43. The van der Waals surface area contributed by atoms with Gasteiger partial charge in [-0.15, -0.1) is 0 Å². The Bertz CT molecular complexity index is 420. The summed E-state index contributed by atoms with van der Waals surface area (Å²) in [5.41, 5.74) is 0.539. The standard InChI is InChI=1S/C13H18FN3O2/c1-2-16-12(18)7-8-15-9-13(19)17-11-5-3-10(14)4-6-11/h3-6,15H,2,7-9H2,1H3,(H,16,18)(H,17,19). The van der Waals surface area contributed by atoms with Crippen molar-refractivity contribution in [1.29, 1.82) is 0 Å². The van der Waals surface area contributed by atoms with Gasteiger partial charge in [0.15, 0.2) is 0 Å². The van der Waals surface area contributed by atoms with Crippen LogP contribution in [0.2, 0.25) is 0 Å². The molecule has 0 atom stereocenters. The molecule has 3 N–H and O–H groups in total. The molecule has 0 fully saturated rings. The maximum Gasteiger partial charge on any atom is 0.238 e. The summed E-state index contributed by atoms with van der Waals surface area (Å²) in [7, 11) is 0. The molecule has 6 heteroatoms. The molecule has 0 aromatic heterocycles. The van der Waals surface area contributed by atoms with E-state index in [2.05, 4.69) is 16.0 Å². The monoisotopic (exact) mass is 267 g/mol. The average molecular weight is 267 g/mol. The van der Waals surface area contributed by atoms with Gasteiger partial charge in [0.05, 0.1) is 6.54 Å². The van der Waals surface area contributed by atoms with Crippen molar-refractivity contribution in [3.63, 3.8) is 0 Å². The first-order valence-electron chi connectivity index (χ1n) is 6.14. The molecule has 1 aromatic rings. The van der Waals surface area contributed by atoms with E-state index in [9.17, 15) is 14.0 Å². The fraction of sp³-hybridized carbons (Fsp3) is 0.385. The number of carbonyl (C=O) groups excluding carboxylic acids is 2. The lowest BCUT2D eigenvalue weighted by atomic mass is 10.3. The molecule has 0 unspecified atom stereocenters. The molecule has 0 heterocycles. The maximum atomic E-state index is 12.6. The number of anilines is 1. The van der Waals surface area contributed by atoms with Gasteiger partial charge >= 0.3 is 0 Å². The Hall–Kier alpha value is -1.95. The maximum absolute atomic E-state index is 12.6. The largest absolute Gasteiger partial charge is 0.356 e. The Kier molecular flexibility index (Phi) is 6.52. The lowest BCUT2D eigenvalue weighted by Crippen LogP contribution is -2.32. The van der Waals surface area contributed by atoms with Crippen molar-refractivity contribution in [1.82, 2.24) is 10.6 Å². The minimum atomic E-state index is -0.349. The number of benzene rings is 1. The van der Waals surface area contributed by atoms with Crippen molar-refractivity contribution >= 4 is 17.5 Å². The van der Waals surface area contributed by atoms with E-state index in [-0.39, 0.29) is 24.2 Å². The van der Waals surface area contributed by atoms with Gasteiger partial charge in [0.25, 0.3) is 0 Å². The molecule has 2 amide bonds. The van der Waals surface area contributed by atoms with Crippen LogP contribution in [0.1, 0.15) is 13.3 Å². The fourth-order valence-corrected chi connectivity index (χ4v) is 1.43. The number of amides is 2. The summed E-state index contributed by atoms with van der Waals surface area (Å²) < 4.78 is 12.6. The number of hydrogen-bond donors (Lipinski definition) is 3. The van der Waals surface area contributed by atoms with Gasteiger partial charge in [-0.1, -0.05) is 0 Å². The average Bonchev–Trinajstić information content (AvgIpc) is 2.38. The topological polar surface area (TPSA) is 70.2 Å². The summed E-state index contributed by atoms with van der Waals surface area (Å²) >= 11 is 0. The minimum Gasteiger partial charge on any atom is -0.356 e. The molecule has 0 spiro atoms. The minimum absolute atomic E-state index is 0.0473. The highest BCUT2D eigenvalue weighted by Gasteiger charge is 2.03. The molecule has 104 valence electrons. The second kappa shape index (κ2) is 8.20.